The Bertz CT molecular complexity index is 2440. The fourth-order valence-electron chi connectivity index (χ4n) is 8.14. The van der Waals surface area contributed by atoms with Crippen molar-refractivity contribution >= 4 is 53.0 Å². The molecule has 18 nitrogen and oxygen atoms in total. The third-order valence-corrected chi connectivity index (χ3v) is 12.4. The number of hydrogen-bond donors (Lipinski definition) is 4. The largest absolute Gasteiger partial charge is 2.00 e. The quantitative estimate of drug-likeness (QED) is 0.0888. The van der Waals surface area contributed by atoms with Crippen molar-refractivity contribution in [3.05, 3.63) is 148 Å². The van der Waals surface area contributed by atoms with Crippen molar-refractivity contribution in [2.75, 3.05) is 105 Å². The van der Waals surface area contributed by atoms with E-state index in [2.05, 4.69) is 30.5 Å². The average Bonchev–Trinajstić information content (AvgIpc) is 0.919. The first-order valence-corrected chi connectivity index (χ1v) is 27.5. The van der Waals surface area contributed by atoms with E-state index in [1.54, 1.807) is 41.5 Å². The van der Waals surface area contributed by atoms with Crippen LogP contribution < -0.4 is 51.3 Å². The van der Waals surface area contributed by atoms with E-state index in [4.69, 9.17) is 36.1 Å². The molecule has 0 unspecified atom stereocenters. The van der Waals surface area contributed by atoms with E-state index in [0.717, 1.165) is 140 Å². The molecular formula is C56H86B4F16N8O10Zn2. The van der Waals surface area contributed by atoms with Crippen molar-refractivity contribution in [1.82, 2.24) is 0 Å². The first-order valence-electron chi connectivity index (χ1n) is 27.5. The summed E-state index contributed by atoms with van der Waals surface area (Å²) in [7, 11) is -14.7. The molecular weight excluding hydrogens is 1420 g/mol. The van der Waals surface area contributed by atoms with Gasteiger partial charge in [-0.1, -0.05) is 6.08 Å². The number of ether oxygens (including phenoxy) is 4. The predicted molar refractivity (Wildman–Crippen MR) is 326 cm³/mol. The molecule has 538 valence electrons. The molecule has 4 aliphatic carbocycles. The summed E-state index contributed by atoms with van der Waals surface area (Å²) in [6.45, 7) is 27.7. The van der Waals surface area contributed by atoms with Crippen LogP contribution in [-0.2, 0) is 57.9 Å². The van der Waals surface area contributed by atoms with Crippen LogP contribution in [0.3, 0.4) is 0 Å². The summed E-state index contributed by atoms with van der Waals surface area (Å²) in [5.41, 5.74) is 23.6. The Balaban J connectivity index is -0.000000135. The van der Waals surface area contributed by atoms with Crippen molar-refractivity contribution in [1.29, 1.82) is 0 Å². The number of morpholine rings is 4. The fraction of sp³-hybridized carbons (Fsp3) is 0.500. The summed E-state index contributed by atoms with van der Waals surface area (Å²) in [4.78, 5) is 0. The minimum atomic E-state index is -3.67. The second-order valence-electron chi connectivity index (χ2n) is 21.2. The van der Waals surface area contributed by atoms with Gasteiger partial charge in [0.1, 0.15) is 58.6 Å². The number of hydrogen-bond acceptors (Lipinski definition) is 11. The number of nitrogens with zero attached hydrogens (tertiary/aromatic N) is 4. The molecule has 4 aliphatic heterocycles. The zero-order valence-electron chi connectivity index (χ0n) is 54.9. The van der Waals surface area contributed by atoms with Gasteiger partial charge in [0.25, 0.3) is 0 Å². The number of nitrogens with two attached hydrogens (primary N) is 4. The van der Waals surface area contributed by atoms with E-state index < -0.39 is 46.8 Å². The van der Waals surface area contributed by atoms with E-state index in [0.29, 0.717) is 22.5 Å². The third kappa shape index (κ3) is 46.9. The molecule has 4 fully saturated rings. The van der Waals surface area contributed by atoms with Crippen LogP contribution >= 0.6 is 0 Å². The molecule has 0 aromatic rings. The van der Waals surface area contributed by atoms with Crippen LogP contribution in [0.5, 0.6) is 0 Å². The molecule has 40 heteroatoms. The molecule has 8 rings (SSSR count). The van der Waals surface area contributed by atoms with Crippen molar-refractivity contribution < 1.29 is 178 Å². The first-order chi connectivity index (χ1) is 40.6. The van der Waals surface area contributed by atoms with Crippen LogP contribution in [0.25, 0.3) is 6.15 Å². The zero-order chi connectivity index (χ0) is 66.1. The monoisotopic (exact) mass is 1510 g/mol. The van der Waals surface area contributed by atoms with E-state index in [-0.39, 0.29) is 92.2 Å². The van der Waals surface area contributed by atoms with Crippen LogP contribution in [0.15, 0.2) is 142 Å². The molecule has 4 saturated heterocycles. The van der Waals surface area contributed by atoms with Gasteiger partial charge in [0.15, 0.2) is 75.2 Å². The molecule has 0 saturated carbocycles. The van der Waals surface area contributed by atoms with Gasteiger partial charge in [0.05, 0.1) is 6.42 Å². The Morgan fingerprint density at radius 3 is 0.771 bits per heavy atom. The molecule has 0 atom stereocenters. The van der Waals surface area contributed by atoms with Crippen LogP contribution in [0.2, 0.25) is 0 Å². The Morgan fingerprint density at radius 2 is 0.604 bits per heavy atom. The minimum Gasteiger partial charge on any atom is -1.00 e. The molecule has 0 spiro atoms. The second kappa shape index (κ2) is 56.6. The average molecular weight is 1510 g/mol. The summed E-state index contributed by atoms with van der Waals surface area (Å²) in [5.74, 6) is 0.311. The molecule has 0 aromatic heterocycles. The molecule has 4 heterocycles. The predicted octanol–water partition coefficient (Wildman–Crippen LogP) is -7.35. The Kier molecular flexibility index (Phi) is 64.5. The van der Waals surface area contributed by atoms with Gasteiger partial charge in [0, 0.05) is 64.7 Å². The number of halogens is 16. The maximum Gasteiger partial charge on any atom is 2.00 e. The smallest absolute Gasteiger partial charge is 1.00 e. The number of aliphatic hydroxyl groups is 1. The zero-order valence-corrected chi connectivity index (χ0v) is 60.8. The van der Waals surface area contributed by atoms with Crippen molar-refractivity contribution in [2.24, 2.45) is 17.2 Å². The Hall–Kier alpha value is -5.25. The van der Waals surface area contributed by atoms with Crippen molar-refractivity contribution in [3.63, 3.8) is 0 Å². The topological polar surface area (TPSA) is 313 Å². The van der Waals surface area contributed by atoms with Gasteiger partial charge in [-0.05, 0) is 120 Å². The van der Waals surface area contributed by atoms with Crippen LogP contribution in [-0.4, -0.2) is 209 Å². The molecule has 0 radical (unpaired) electrons. The van der Waals surface area contributed by atoms with Gasteiger partial charge in [-0.2, -0.15) is 0 Å². The number of aliphatic hydroxyl groups excluding tert-OH is 1. The van der Waals surface area contributed by atoms with Crippen LogP contribution in [0, 0.1) is 0 Å². The van der Waals surface area contributed by atoms with E-state index >= 15 is 0 Å². The Labute approximate surface area is 577 Å². The summed E-state index contributed by atoms with van der Waals surface area (Å²) in [6.07, 6.45) is 30.0. The standard InChI is InChI=1S/3C14H20N2O2.C14H19NO2.4BF3.4FH.H2N.2H2O.2Zn/c3*1-14(2,15)13(17)11-3-5-12(6-4-11)16-7-9-18-10-8-16;1-11(2)14(16)12-3-5-13(6-4-12)15-7-9-17-10-8-15;4*2-1(3)4;;;;;;;;;/h3*3-6H,7-10,15H2,1-2H3;3-5H,6-10H2,1-2H3;;;;;4*1H;3*1H2;;/q;;;;;;;;;;;;-1;;;2*+2/p-3. The molecule has 0 bridgehead atoms. The molecule has 13 N–H and O–H groups in total. The van der Waals surface area contributed by atoms with E-state index in [1.165, 1.54) is 5.71 Å². The van der Waals surface area contributed by atoms with Gasteiger partial charge in [-0.3, -0.25) is 51.8 Å². The number of rotatable bonds is 4. The molecule has 0 aromatic carbocycles. The number of allylic oxidation sites excluding steroid dienone is 19. The van der Waals surface area contributed by atoms with Gasteiger partial charge in [-0.15, -0.1) is 17.3 Å². The maximum absolute atomic E-state index is 12.0. The van der Waals surface area contributed by atoms with Crippen LogP contribution in [0.4, 0.5) is 51.8 Å². The normalized spacial score (nSPS) is 16.2. The van der Waals surface area contributed by atoms with Gasteiger partial charge in [0.2, 0.25) is 0 Å². The van der Waals surface area contributed by atoms with Crippen molar-refractivity contribution in [3.8, 4) is 0 Å². The maximum atomic E-state index is 12.0. The van der Waals surface area contributed by atoms with Crippen molar-refractivity contribution in [2.45, 2.75) is 78.4 Å². The summed E-state index contributed by atoms with van der Waals surface area (Å²) >= 11 is 0. The van der Waals surface area contributed by atoms with Gasteiger partial charge in [-0.25, -0.2) is 18.3 Å². The minimum absolute atomic E-state index is 0. The molecule has 8 aliphatic rings. The van der Waals surface area contributed by atoms with Gasteiger partial charge >= 0.3 is 69.1 Å². The SMILES string of the molecule is CC(C)(N)C([O-])=C1C=CC(=[N+]2CCOCC2)C=C1.CC(C)(N)C([O-])=C1C=CC(=[N+]2CCOCC2)C=C1.CC(C)(N)C([O-])=C1C=CC(=[N+]2CCOCC2)C=C1.CC(C)=C(O)C1=CCC(=[N+]2CCOCC2)C=C1.FB(F)F.FB(F)F.FB(F)F.FB(F)F.O.O.[F-].[F-].[F-].[F-].[NH2-].[Zn+2].[Zn+2]. The summed E-state index contributed by atoms with van der Waals surface area (Å²) in [6, 6.07) is 0. The molecule has 96 heavy (non-hydrogen) atoms. The second-order valence-corrected chi connectivity index (χ2v) is 21.2. The Morgan fingerprint density at radius 1 is 0.406 bits per heavy atom. The molecule has 0 amide bonds. The van der Waals surface area contributed by atoms with E-state index in [9.17, 15) is 72.2 Å². The fourth-order valence-corrected chi connectivity index (χ4v) is 8.14. The summed E-state index contributed by atoms with van der Waals surface area (Å²) < 4.78 is 146. The van der Waals surface area contributed by atoms with Gasteiger partial charge < -0.3 is 92.5 Å². The summed E-state index contributed by atoms with van der Waals surface area (Å²) in [5, 5.41) is 45.9. The van der Waals surface area contributed by atoms with E-state index in [1.807, 2.05) is 92.8 Å². The first kappa shape index (κ1) is 109. The third-order valence-electron chi connectivity index (χ3n) is 12.4. The van der Waals surface area contributed by atoms with Crippen LogP contribution in [0.1, 0.15) is 61.8 Å².